The van der Waals surface area contributed by atoms with Gasteiger partial charge in [0.25, 0.3) is 0 Å². The summed E-state index contributed by atoms with van der Waals surface area (Å²) in [7, 11) is 0. The molecule has 1 atom stereocenters. The number of aliphatic carboxylic acids is 1. The van der Waals surface area contributed by atoms with E-state index in [1.165, 1.54) is 4.68 Å². The van der Waals surface area contributed by atoms with Gasteiger partial charge in [-0.1, -0.05) is 13.8 Å². The van der Waals surface area contributed by atoms with E-state index in [0.29, 0.717) is 24.5 Å². The smallest absolute Gasteiger partial charge is 0.408 e. The van der Waals surface area contributed by atoms with Gasteiger partial charge in [0.2, 0.25) is 0 Å². The Balaban J connectivity index is 2.83. The summed E-state index contributed by atoms with van der Waals surface area (Å²) in [6.07, 6.45) is 0.525. The van der Waals surface area contributed by atoms with Gasteiger partial charge in [0.05, 0.1) is 6.54 Å². The zero-order valence-corrected chi connectivity index (χ0v) is 13.7. The zero-order valence-electron chi connectivity index (χ0n) is 13.7. The van der Waals surface area contributed by atoms with Crippen LogP contribution in [0.3, 0.4) is 0 Å². The highest BCUT2D eigenvalue weighted by Gasteiger charge is 2.25. The Morgan fingerprint density at radius 3 is 2.41 bits per heavy atom. The molecule has 1 rings (SSSR count). The molecule has 0 bridgehead atoms. The predicted octanol–water partition coefficient (Wildman–Crippen LogP) is 1.38. The lowest BCUT2D eigenvalue weighted by Crippen LogP contribution is -2.46. The van der Waals surface area contributed by atoms with Crippen molar-refractivity contribution in [2.75, 3.05) is 0 Å². The van der Waals surface area contributed by atoms with Crippen molar-refractivity contribution in [2.24, 2.45) is 0 Å². The maximum atomic E-state index is 11.7. The van der Waals surface area contributed by atoms with Crippen molar-refractivity contribution in [3.05, 3.63) is 11.6 Å². The van der Waals surface area contributed by atoms with Gasteiger partial charge < -0.3 is 15.2 Å². The molecule has 1 aromatic rings. The highest BCUT2D eigenvalue weighted by Crippen LogP contribution is 2.08. The van der Waals surface area contributed by atoms with Gasteiger partial charge in [-0.15, -0.1) is 0 Å². The van der Waals surface area contributed by atoms with E-state index in [1.807, 2.05) is 13.8 Å². The van der Waals surface area contributed by atoms with E-state index in [2.05, 4.69) is 15.4 Å². The number of carboxylic acids is 1. The standard InChI is InChI=1S/C14H24N4O4/c1-6-10-16-11(7-2)18(17-10)8-9(12(19)20)15-13(21)22-14(3,4)5/h9H,6-8H2,1-5H3,(H,15,21)(H,19,20). The molecule has 0 aliphatic rings. The largest absolute Gasteiger partial charge is 0.480 e. The normalized spacial score (nSPS) is 12.8. The van der Waals surface area contributed by atoms with E-state index in [4.69, 9.17) is 4.74 Å². The van der Waals surface area contributed by atoms with Gasteiger partial charge >= 0.3 is 12.1 Å². The number of ether oxygens (including phenoxy) is 1. The summed E-state index contributed by atoms with van der Waals surface area (Å²) >= 11 is 0. The molecule has 22 heavy (non-hydrogen) atoms. The zero-order chi connectivity index (χ0) is 16.9. The number of hydrogen-bond acceptors (Lipinski definition) is 5. The predicted molar refractivity (Wildman–Crippen MR) is 79.6 cm³/mol. The third kappa shape index (κ3) is 5.34. The van der Waals surface area contributed by atoms with Crippen LogP contribution in [0.15, 0.2) is 0 Å². The molecule has 124 valence electrons. The van der Waals surface area contributed by atoms with Crippen LogP contribution in [0, 0.1) is 0 Å². The number of hydrogen-bond donors (Lipinski definition) is 2. The molecule has 8 nitrogen and oxygen atoms in total. The van der Waals surface area contributed by atoms with E-state index in [0.717, 1.165) is 0 Å². The second kappa shape index (κ2) is 7.24. The highest BCUT2D eigenvalue weighted by atomic mass is 16.6. The van der Waals surface area contributed by atoms with Crippen LogP contribution in [0.5, 0.6) is 0 Å². The Bertz CT molecular complexity index is 533. The maximum absolute atomic E-state index is 11.7. The van der Waals surface area contributed by atoms with Crippen molar-refractivity contribution < 1.29 is 19.4 Å². The van der Waals surface area contributed by atoms with Crippen molar-refractivity contribution >= 4 is 12.1 Å². The van der Waals surface area contributed by atoms with Crippen molar-refractivity contribution in [3.8, 4) is 0 Å². The second-order valence-electron chi connectivity index (χ2n) is 5.87. The molecule has 8 heteroatoms. The third-order valence-corrected chi connectivity index (χ3v) is 2.77. The number of alkyl carbamates (subject to hydrolysis) is 1. The monoisotopic (exact) mass is 312 g/mol. The van der Waals surface area contributed by atoms with Crippen LogP contribution in [0.25, 0.3) is 0 Å². The minimum Gasteiger partial charge on any atom is -0.480 e. The fourth-order valence-electron chi connectivity index (χ4n) is 1.79. The Morgan fingerprint density at radius 1 is 1.32 bits per heavy atom. The molecule has 2 N–H and O–H groups in total. The Labute approximate surface area is 129 Å². The van der Waals surface area contributed by atoms with Crippen LogP contribution < -0.4 is 5.32 Å². The summed E-state index contributed by atoms with van der Waals surface area (Å²) in [5.74, 6) is 0.189. The van der Waals surface area contributed by atoms with Crippen molar-refractivity contribution in [1.29, 1.82) is 0 Å². The summed E-state index contributed by atoms with van der Waals surface area (Å²) in [4.78, 5) is 27.4. The molecule has 0 saturated carbocycles. The Kier molecular flexibility index (Phi) is 5.90. The van der Waals surface area contributed by atoms with Crippen LogP contribution in [0.4, 0.5) is 4.79 Å². The topological polar surface area (TPSA) is 106 Å². The molecule has 1 aromatic heterocycles. The van der Waals surface area contributed by atoms with Crippen LogP contribution in [0.1, 0.15) is 46.3 Å². The number of nitrogens with zero attached hydrogens (tertiary/aromatic N) is 3. The highest BCUT2D eigenvalue weighted by molar-refractivity contribution is 5.79. The molecule has 1 unspecified atom stereocenters. The van der Waals surface area contributed by atoms with Gasteiger partial charge in [0.1, 0.15) is 17.5 Å². The lowest BCUT2D eigenvalue weighted by molar-refractivity contribution is -0.139. The fraction of sp³-hybridized carbons (Fsp3) is 0.714. The van der Waals surface area contributed by atoms with Gasteiger partial charge in [-0.25, -0.2) is 19.3 Å². The molecular weight excluding hydrogens is 288 g/mol. The van der Waals surface area contributed by atoms with Crippen LogP contribution in [-0.2, 0) is 28.9 Å². The summed E-state index contributed by atoms with van der Waals surface area (Å²) in [6.45, 7) is 8.97. The van der Waals surface area contributed by atoms with Crippen molar-refractivity contribution in [2.45, 2.75) is 65.6 Å². The van der Waals surface area contributed by atoms with Gasteiger partial charge in [0.15, 0.2) is 5.82 Å². The molecule has 1 heterocycles. The maximum Gasteiger partial charge on any atom is 0.408 e. The van der Waals surface area contributed by atoms with Crippen LogP contribution in [0.2, 0.25) is 0 Å². The number of amides is 1. The van der Waals surface area contributed by atoms with Gasteiger partial charge in [-0.05, 0) is 20.8 Å². The molecule has 0 radical (unpaired) electrons. The first-order valence-corrected chi connectivity index (χ1v) is 7.31. The van der Waals surface area contributed by atoms with Crippen molar-refractivity contribution in [1.82, 2.24) is 20.1 Å². The molecule has 0 aromatic carbocycles. The van der Waals surface area contributed by atoms with Crippen LogP contribution >= 0.6 is 0 Å². The fourth-order valence-corrected chi connectivity index (χ4v) is 1.79. The number of rotatable bonds is 6. The van der Waals surface area contributed by atoms with Gasteiger partial charge in [0, 0.05) is 12.8 Å². The molecule has 0 saturated heterocycles. The average molecular weight is 312 g/mol. The molecule has 1 amide bonds. The Morgan fingerprint density at radius 2 is 1.95 bits per heavy atom. The first kappa shape index (κ1) is 17.9. The lowest BCUT2D eigenvalue weighted by Gasteiger charge is -2.22. The second-order valence-corrected chi connectivity index (χ2v) is 5.87. The molecule has 0 spiro atoms. The average Bonchev–Trinajstić information content (AvgIpc) is 2.78. The number of carbonyl (C=O) groups excluding carboxylic acids is 1. The first-order chi connectivity index (χ1) is 10.2. The summed E-state index contributed by atoms with van der Waals surface area (Å²) < 4.78 is 6.60. The number of carbonyl (C=O) groups is 2. The van der Waals surface area contributed by atoms with Gasteiger partial charge in [-0.2, -0.15) is 5.10 Å². The number of aryl methyl sites for hydroxylation is 2. The van der Waals surface area contributed by atoms with Gasteiger partial charge in [-0.3, -0.25) is 0 Å². The minimum absolute atomic E-state index is 0.00471. The van der Waals surface area contributed by atoms with E-state index in [1.54, 1.807) is 20.8 Å². The van der Waals surface area contributed by atoms with E-state index < -0.39 is 23.7 Å². The lowest BCUT2D eigenvalue weighted by atomic mass is 10.2. The first-order valence-electron chi connectivity index (χ1n) is 7.31. The SMILES string of the molecule is CCc1nc(CC)n(CC(NC(=O)OC(C)(C)C)C(=O)O)n1. The van der Waals surface area contributed by atoms with Crippen LogP contribution in [-0.4, -0.2) is 43.6 Å². The Hall–Kier alpha value is -2.12. The van der Waals surface area contributed by atoms with E-state index in [-0.39, 0.29) is 6.54 Å². The van der Waals surface area contributed by atoms with E-state index >= 15 is 0 Å². The summed E-state index contributed by atoms with van der Waals surface area (Å²) in [5, 5.41) is 15.9. The molecule has 0 aliphatic heterocycles. The number of aromatic nitrogens is 3. The molecule has 0 aliphatic carbocycles. The molecular formula is C14H24N4O4. The summed E-state index contributed by atoms with van der Waals surface area (Å²) in [5.41, 5.74) is -0.690. The number of carboxylic acid groups (broad SMARTS) is 1. The third-order valence-electron chi connectivity index (χ3n) is 2.77. The number of nitrogens with one attached hydrogen (secondary N) is 1. The minimum atomic E-state index is -1.15. The van der Waals surface area contributed by atoms with E-state index in [9.17, 15) is 14.7 Å². The molecule has 0 fully saturated rings. The van der Waals surface area contributed by atoms with Crippen molar-refractivity contribution in [3.63, 3.8) is 0 Å². The quantitative estimate of drug-likeness (QED) is 0.822. The summed E-state index contributed by atoms with van der Waals surface area (Å²) in [6, 6.07) is -1.13.